The zero-order chi connectivity index (χ0) is 17.1. The second-order valence-electron chi connectivity index (χ2n) is 5.73. The van der Waals surface area contributed by atoms with Crippen molar-refractivity contribution in [2.75, 3.05) is 56.3 Å². The first-order chi connectivity index (χ1) is 11.6. The first-order valence-electron chi connectivity index (χ1n) is 7.73. The molecule has 0 radical (unpaired) electrons. The molecule has 3 N–H and O–H groups in total. The van der Waals surface area contributed by atoms with Crippen molar-refractivity contribution in [1.82, 2.24) is 14.9 Å². The van der Waals surface area contributed by atoms with E-state index in [0.717, 1.165) is 43.3 Å². The Morgan fingerprint density at radius 2 is 2.00 bits per heavy atom. The number of likely N-dealkylation sites (N-methyl/N-ethyl adjacent to an activating group) is 1. The van der Waals surface area contributed by atoms with Gasteiger partial charge in [0.15, 0.2) is 5.82 Å². The number of halogens is 1. The highest BCUT2D eigenvalue weighted by atomic mass is 35.5. The highest BCUT2D eigenvalue weighted by molar-refractivity contribution is 6.32. The number of hydrogen-bond donors (Lipinski definition) is 2. The van der Waals surface area contributed by atoms with Crippen molar-refractivity contribution < 1.29 is 4.74 Å². The summed E-state index contributed by atoms with van der Waals surface area (Å²) in [5.74, 6) is 1.45. The number of nitrogens with zero attached hydrogens (tertiary/aromatic N) is 4. The maximum atomic E-state index is 6.10. The maximum Gasteiger partial charge on any atom is 0.222 e. The molecule has 0 atom stereocenters. The summed E-state index contributed by atoms with van der Waals surface area (Å²) in [7, 11) is 3.81. The van der Waals surface area contributed by atoms with Crippen molar-refractivity contribution >= 4 is 34.7 Å². The van der Waals surface area contributed by atoms with E-state index in [2.05, 4.69) is 32.1 Å². The van der Waals surface area contributed by atoms with Crippen molar-refractivity contribution in [2.24, 2.45) is 0 Å². The van der Waals surface area contributed by atoms with Crippen molar-refractivity contribution in [3.8, 4) is 5.75 Å². The van der Waals surface area contributed by atoms with E-state index in [1.165, 1.54) is 6.20 Å². The number of anilines is 4. The lowest BCUT2D eigenvalue weighted by molar-refractivity contribution is 0.311. The molecule has 0 aliphatic carbocycles. The molecule has 0 saturated carbocycles. The molecule has 0 spiro atoms. The molecule has 2 aromatic rings. The van der Waals surface area contributed by atoms with Crippen LogP contribution in [0, 0.1) is 0 Å². The molecule has 128 valence electrons. The van der Waals surface area contributed by atoms with Gasteiger partial charge in [-0.05, 0) is 19.2 Å². The van der Waals surface area contributed by atoms with Gasteiger partial charge in [0.2, 0.25) is 5.95 Å². The monoisotopic (exact) mass is 348 g/mol. The quantitative estimate of drug-likeness (QED) is 0.876. The molecule has 1 saturated heterocycles. The molecular weight excluding hydrogens is 328 g/mol. The Morgan fingerprint density at radius 3 is 2.71 bits per heavy atom. The van der Waals surface area contributed by atoms with E-state index in [-0.39, 0.29) is 5.95 Å². The Labute approximate surface area is 146 Å². The number of nitrogen functional groups attached to an aromatic ring is 1. The zero-order valence-electron chi connectivity index (χ0n) is 13.8. The highest BCUT2D eigenvalue weighted by Gasteiger charge is 2.18. The number of hydrogen-bond acceptors (Lipinski definition) is 7. The van der Waals surface area contributed by atoms with Crippen LogP contribution in [0.15, 0.2) is 24.4 Å². The molecule has 7 nitrogen and oxygen atoms in total. The molecule has 1 aliphatic rings. The number of methoxy groups -OCH3 is 1. The minimum atomic E-state index is 0.169. The largest absolute Gasteiger partial charge is 0.495 e. The standard InChI is InChI=1S/C16H21ClN6O/c1-22-5-7-23(8-6-22)13-4-3-11(9-14(13)24-2)20-15-12(17)10-19-16(18)21-15/h3-4,9-10H,5-8H2,1-2H3,(H3,18,19,20,21). The average Bonchev–Trinajstić information content (AvgIpc) is 2.59. The fourth-order valence-corrected chi connectivity index (χ4v) is 2.81. The molecule has 1 aromatic carbocycles. The van der Waals surface area contributed by atoms with Crippen LogP contribution in [0.2, 0.25) is 5.02 Å². The summed E-state index contributed by atoms with van der Waals surface area (Å²) in [6.07, 6.45) is 1.47. The fourth-order valence-electron chi connectivity index (χ4n) is 2.67. The summed E-state index contributed by atoms with van der Waals surface area (Å²) in [5.41, 5.74) is 7.53. The van der Waals surface area contributed by atoms with Gasteiger partial charge in [0.25, 0.3) is 0 Å². The molecule has 0 unspecified atom stereocenters. The van der Waals surface area contributed by atoms with Gasteiger partial charge in [-0.1, -0.05) is 11.6 Å². The number of rotatable bonds is 4. The first-order valence-corrected chi connectivity index (χ1v) is 8.11. The molecule has 1 aromatic heterocycles. The number of ether oxygens (including phenoxy) is 1. The lowest BCUT2D eigenvalue weighted by Crippen LogP contribution is -2.44. The van der Waals surface area contributed by atoms with Gasteiger partial charge in [-0.25, -0.2) is 4.98 Å². The van der Waals surface area contributed by atoms with Gasteiger partial charge in [0.05, 0.1) is 19.0 Å². The van der Waals surface area contributed by atoms with Gasteiger partial charge in [-0.3, -0.25) is 0 Å². The zero-order valence-corrected chi connectivity index (χ0v) is 14.5. The van der Waals surface area contributed by atoms with Gasteiger partial charge >= 0.3 is 0 Å². The Bertz CT molecular complexity index is 718. The van der Waals surface area contributed by atoms with Crippen LogP contribution in [-0.4, -0.2) is 55.2 Å². The third kappa shape index (κ3) is 3.63. The molecular formula is C16H21ClN6O. The number of nitrogens with one attached hydrogen (secondary N) is 1. The van der Waals surface area contributed by atoms with Crippen LogP contribution in [0.25, 0.3) is 0 Å². The molecule has 2 heterocycles. The maximum absolute atomic E-state index is 6.10. The van der Waals surface area contributed by atoms with E-state index in [0.29, 0.717) is 10.8 Å². The Balaban J connectivity index is 1.82. The number of aromatic nitrogens is 2. The van der Waals surface area contributed by atoms with Crippen molar-refractivity contribution in [2.45, 2.75) is 0 Å². The second-order valence-corrected chi connectivity index (χ2v) is 6.13. The Kier molecular flexibility index (Phi) is 4.92. The number of nitrogens with two attached hydrogens (primary N) is 1. The molecule has 3 rings (SSSR count). The van der Waals surface area contributed by atoms with Crippen molar-refractivity contribution in [3.05, 3.63) is 29.4 Å². The van der Waals surface area contributed by atoms with Crippen LogP contribution in [-0.2, 0) is 0 Å². The molecule has 8 heteroatoms. The summed E-state index contributed by atoms with van der Waals surface area (Å²) >= 11 is 6.10. The van der Waals surface area contributed by atoms with Crippen LogP contribution in [0.1, 0.15) is 0 Å². The minimum absolute atomic E-state index is 0.169. The number of piperazine rings is 1. The van der Waals surface area contributed by atoms with Crippen LogP contribution in [0.5, 0.6) is 5.75 Å². The molecule has 0 bridgehead atoms. The smallest absolute Gasteiger partial charge is 0.222 e. The van der Waals surface area contributed by atoms with Gasteiger partial charge < -0.3 is 25.6 Å². The summed E-state index contributed by atoms with van der Waals surface area (Å²) < 4.78 is 5.57. The van der Waals surface area contributed by atoms with E-state index in [1.54, 1.807) is 7.11 Å². The summed E-state index contributed by atoms with van der Waals surface area (Å²) in [6.45, 7) is 4.04. The van der Waals surface area contributed by atoms with E-state index in [9.17, 15) is 0 Å². The average molecular weight is 349 g/mol. The normalized spacial score (nSPS) is 15.4. The summed E-state index contributed by atoms with van der Waals surface area (Å²) in [6, 6.07) is 5.96. The lowest BCUT2D eigenvalue weighted by Gasteiger charge is -2.34. The third-order valence-corrected chi connectivity index (χ3v) is 4.33. The van der Waals surface area contributed by atoms with Gasteiger partial charge in [-0.2, -0.15) is 4.98 Å². The second kappa shape index (κ2) is 7.11. The number of benzene rings is 1. The highest BCUT2D eigenvalue weighted by Crippen LogP contribution is 2.33. The molecule has 1 aliphatic heterocycles. The lowest BCUT2D eigenvalue weighted by atomic mass is 10.2. The minimum Gasteiger partial charge on any atom is -0.495 e. The third-order valence-electron chi connectivity index (χ3n) is 4.05. The van der Waals surface area contributed by atoms with Crippen LogP contribution in [0.4, 0.5) is 23.1 Å². The van der Waals surface area contributed by atoms with Crippen LogP contribution < -0.4 is 20.7 Å². The molecule has 1 fully saturated rings. The SMILES string of the molecule is COc1cc(Nc2nc(N)ncc2Cl)ccc1N1CCN(C)CC1. The van der Waals surface area contributed by atoms with Gasteiger partial charge in [0, 0.05) is 37.9 Å². The summed E-state index contributed by atoms with van der Waals surface area (Å²) in [4.78, 5) is 12.6. The van der Waals surface area contributed by atoms with Gasteiger partial charge in [-0.15, -0.1) is 0 Å². The van der Waals surface area contributed by atoms with Crippen molar-refractivity contribution in [1.29, 1.82) is 0 Å². The predicted octanol–water partition coefficient (Wildman–Crippen LogP) is 2.22. The van der Waals surface area contributed by atoms with E-state index in [1.807, 2.05) is 18.2 Å². The van der Waals surface area contributed by atoms with E-state index >= 15 is 0 Å². The summed E-state index contributed by atoms with van der Waals surface area (Å²) in [5, 5.41) is 3.56. The Hall–Kier alpha value is -2.25. The Morgan fingerprint density at radius 1 is 1.25 bits per heavy atom. The van der Waals surface area contributed by atoms with E-state index < -0.39 is 0 Å². The molecule has 0 amide bonds. The van der Waals surface area contributed by atoms with Crippen LogP contribution >= 0.6 is 11.6 Å². The first kappa shape index (κ1) is 16.6. The fraction of sp³-hybridized carbons (Fsp3) is 0.375. The molecule has 24 heavy (non-hydrogen) atoms. The predicted molar refractivity (Wildman–Crippen MR) is 97.4 cm³/mol. The van der Waals surface area contributed by atoms with E-state index in [4.69, 9.17) is 22.1 Å². The van der Waals surface area contributed by atoms with Crippen molar-refractivity contribution in [3.63, 3.8) is 0 Å². The van der Waals surface area contributed by atoms with Gasteiger partial charge in [0.1, 0.15) is 10.8 Å². The van der Waals surface area contributed by atoms with Crippen LogP contribution in [0.3, 0.4) is 0 Å². The topological polar surface area (TPSA) is 79.5 Å².